The molecule has 1 aromatic rings. The predicted octanol–water partition coefficient (Wildman–Crippen LogP) is 2.95. The van der Waals surface area contributed by atoms with E-state index in [0.717, 1.165) is 43.3 Å². The molecule has 0 aromatic heterocycles. The van der Waals surface area contributed by atoms with Crippen molar-refractivity contribution in [1.29, 1.82) is 0 Å². The number of fused-ring (bicyclic) bond motifs is 1. The first-order valence-electron chi connectivity index (χ1n) is 7.19. The van der Waals surface area contributed by atoms with E-state index < -0.39 is 0 Å². The molecule has 0 spiro atoms. The van der Waals surface area contributed by atoms with Gasteiger partial charge in [-0.25, -0.2) is 4.39 Å². The van der Waals surface area contributed by atoms with Gasteiger partial charge in [-0.2, -0.15) is 0 Å². The molecule has 0 aliphatic carbocycles. The smallest absolute Gasteiger partial charge is 0.123 e. The van der Waals surface area contributed by atoms with Gasteiger partial charge in [0, 0.05) is 10.9 Å². The molecule has 0 saturated carbocycles. The zero-order chi connectivity index (χ0) is 13.1. The number of rotatable bonds is 3. The van der Waals surface area contributed by atoms with Crippen LogP contribution in [0.1, 0.15) is 30.9 Å². The number of hydrogen-bond donors (Lipinski definition) is 2. The van der Waals surface area contributed by atoms with Gasteiger partial charge in [-0.15, -0.1) is 11.8 Å². The van der Waals surface area contributed by atoms with Crippen LogP contribution in [0.25, 0.3) is 0 Å². The fourth-order valence-electron chi connectivity index (χ4n) is 2.98. The zero-order valence-electron chi connectivity index (χ0n) is 11.1. The molecule has 0 radical (unpaired) electrons. The minimum Gasteiger partial charge on any atom is -0.316 e. The summed E-state index contributed by atoms with van der Waals surface area (Å²) >= 11 is 1.84. The Hall–Kier alpha value is -0.580. The first-order valence-corrected chi connectivity index (χ1v) is 8.18. The van der Waals surface area contributed by atoms with Crippen LogP contribution in [0.5, 0.6) is 0 Å². The van der Waals surface area contributed by atoms with Crippen LogP contribution in [0.2, 0.25) is 0 Å². The second-order valence-electron chi connectivity index (χ2n) is 5.49. The molecule has 2 atom stereocenters. The summed E-state index contributed by atoms with van der Waals surface area (Å²) in [5.74, 6) is 1.73. The first kappa shape index (κ1) is 13.4. The van der Waals surface area contributed by atoms with Gasteiger partial charge in [0.15, 0.2) is 0 Å². The SMILES string of the molecule is Fc1ccc2c(c1)C(NCC1CCCNC1)CCS2. The molecule has 0 bridgehead atoms. The molecular weight excluding hydrogens is 259 g/mol. The number of hydrogen-bond acceptors (Lipinski definition) is 3. The maximum atomic E-state index is 13.4. The monoisotopic (exact) mass is 280 g/mol. The summed E-state index contributed by atoms with van der Waals surface area (Å²) in [6, 6.07) is 5.52. The Kier molecular flexibility index (Phi) is 4.41. The molecule has 1 saturated heterocycles. The molecular formula is C15H21FN2S. The second kappa shape index (κ2) is 6.25. The third kappa shape index (κ3) is 3.30. The number of halogens is 1. The normalized spacial score (nSPS) is 27.0. The second-order valence-corrected chi connectivity index (χ2v) is 6.63. The van der Waals surface area contributed by atoms with Crippen molar-refractivity contribution in [1.82, 2.24) is 10.6 Å². The molecule has 2 unspecified atom stereocenters. The summed E-state index contributed by atoms with van der Waals surface area (Å²) in [5, 5.41) is 7.10. The fourth-order valence-corrected chi connectivity index (χ4v) is 4.09. The molecule has 2 heterocycles. The molecule has 0 amide bonds. The van der Waals surface area contributed by atoms with E-state index in [1.165, 1.54) is 17.7 Å². The lowest BCUT2D eigenvalue weighted by molar-refractivity contribution is 0.340. The van der Waals surface area contributed by atoms with E-state index in [9.17, 15) is 4.39 Å². The standard InChI is InChI=1S/C15H21FN2S/c16-12-3-4-15-13(8-12)14(5-7-19-15)18-10-11-2-1-6-17-9-11/h3-4,8,11,14,17-18H,1-2,5-7,9-10H2. The largest absolute Gasteiger partial charge is 0.316 e. The third-order valence-corrected chi connectivity index (χ3v) is 5.19. The average Bonchev–Trinajstić information content (AvgIpc) is 2.46. The summed E-state index contributed by atoms with van der Waals surface area (Å²) in [6.07, 6.45) is 3.68. The van der Waals surface area contributed by atoms with Crippen LogP contribution in [0.15, 0.2) is 23.1 Å². The average molecular weight is 280 g/mol. The molecule has 1 fully saturated rings. The van der Waals surface area contributed by atoms with Crippen molar-refractivity contribution in [3.05, 3.63) is 29.6 Å². The topological polar surface area (TPSA) is 24.1 Å². The molecule has 2 aliphatic rings. The van der Waals surface area contributed by atoms with Crippen molar-refractivity contribution in [3.8, 4) is 0 Å². The molecule has 19 heavy (non-hydrogen) atoms. The van der Waals surface area contributed by atoms with Gasteiger partial charge in [0.05, 0.1) is 0 Å². The Bertz CT molecular complexity index is 432. The Balaban J connectivity index is 1.64. The van der Waals surface area contributed by atoms with Crippen LogP contribution in [-0.2, 0) is 0 Å². The molecule has 4 heteroatoms. The van der Waals surface area contributed by atoms with E-state index in [2.05, 4.69) is 10.6 Å². The van der Waals surface area contributed by atoms with Crippen LogP contribution >= 0.6 is 11.8 Å². The van der Waals surface area contributed by atoms with Gasteiger partial charge in [0.25, 0.3) is 0 Å². The molecule has 104 valence electrons. The van der Waals surface area contributed by atoms with Crippen LogP contribution in [-0.4, -0.2) is 25.4 Å². The Morgan fingerprint density at radius 1 is 1.37 bits per heavy atom. The van der Waals surface area contributed by atoms with E-state index in [1.54, 1.807) is 12.1 Å². The molecule has 2 nitrogen and oxygen atoms in total. The van der Waals surface area contributed by atoms with Crippen molar-refractivity contribution >= 4 is 11.8 Å². The highest BCUT2D eigenvalue weighted by Gasteiger charge is 2.22. The number of nitrogens with one attached hydrogen (secondary N) is 2. The minimum absolute atomic E-state index is 0.118. The molecule has 3 rings (SSSR count). The minimum atomic E-state index is -0.118. The van der Waals surface area contributed by atoms with Crippen molar-refractivity contribution in [2.75, 3.05) is 25.4 Å². The van der Waals surface area contributed by atoms with E-state index in [0.29, 0.717) is 6.04 Å². The summed E-state index contributed by atoms with van der Waals surface area (Å²) in [7, 11) is 0. The summed E-state index contributed by atoms with van der Waals surface area (Å²) in [4.78, 5) is 1.24. The van der Waals surface area contributed by atoms with Gasteiger partial charge < -0.3 is 10.6 Å². The highest BCUT2D eigenvalue weighted by atomic mass is 32.2. The third-order valence-electron chi connectivity index (χ3n) is 4.06. The van der Waals surface area contributed by atoms with Crippen molar-refractivity contribution in [3.63, 3.8) is 0 Å². The van der Waals surface area contributed by atoms with E-state index in [1.807, 2.05) is 17.8 Å². The highest BCUT2D eigenvalue weighted by Crippen LogP contribution is 2.36. The lowest BCUT2D eigenvalue weighted by atomic mass is 9.97. The number of thioether (sulfide) groups is 1. The highest BCUT2D eigenvalue weighted by molar-refractivity contribution is 7.99. The van der Waals surface area contributed by atoms with E-state index >= 15 is 0 Å². The van der Waals surface area contributed by atoms with Crippen molar-refractivity contribution in [2.24, 2.45) is 5.92 Å². The lowest BCUT2D eigenvalue weighted by Crippen LogP contribution is -2.37. The van der Waals surface area contributed by atoms with Crippen molar-refractivity contribution < 1.29 is 4.39 Å². The Labute approximate surface area is 118 Å². The Morgan fingerprint density at radius 2 is 2.32 bits per heavy atom. The van der Waals surface area contributed by atoms with Gasteiger partial charge in [-0.3, -0.25) is 0 Å². The molecule has 2 N–H and O–H groups in total. The number of benzene rings is 1. The lowest BCUT2D eigenvalue weighted by Gasteiger charge is -2.29. The van der Waals surface area contributed by atoms with Gasteiger partial charge >= 0.3 is 0 Å². The van der Waals surface area contributed by atoms with Gasteiger partial charge in [0.2, 0.25) is 0 Å². The van der Waals surface area contributed by atoms with E-state index in [4.69, 9.17) is 0 Å². The quantitative estimate of drug-likeness (QED) is 0.890. The summed E-state index contributed by atoms with van der Waals surface area (Å²) in [5.41, 5.74) is 1.15. The zero-order valence-corrected chi connectivity index (χ0v) is 11.9. The summed E-state index contributed by atoms with van der Waals surface area (Å²) in [6.45, 7) is 3.31. The Morgan fingerprint density at radius 3 is 3.16 bits per heavy atom. The maximum absolute atomic E-state index is 13.4. The van der Waals surface area contributed by atoms with Crippen LogP contribution in [0.3, 0.4) is 0 Å². The maximum Gasteiger partial charge on any atom is 0.123 e. The first-order chi connectivity index (χ1) is 9.33. The molecule has 1 aromatic carbocycles. The fraction of sp³-hybridized carbons (Fsp3) is 0.600. The van der Waals surface area contributed by atoms with Gasteiger partial charge in [-0.05, 0) is 74.3 Å². The molecule has 2 aliphatic heterocycles. The van der Waals surface area contributed by atoms with Crippen LogP contribution < -0.4 is 10.6 Å². The number of piperidine rings is 1. The van der Waals surface area contributed by atoms with Gasteiger partial charge in [-0.1, -0.05) is 0 Å². The van der Waals surface area contributed by atoms with Crippen molar-refractivity contribution in [2.45, 2.75) is 30.2 Å². The summed E-state index contributed by atoms with van der Waals surface area (Å²) < 4.78 is 13.4. The van der Waals surface area contributed by atoms with Crippen LogP contribution in [0, 0.1) is 11.7 Å². The van der Waals surface area contributed by atoms with Crippen LogP contribution in [0.4, 0.5) is 4.39 Å². The van der Waals surface area contributed by atoms with Gasteiger partial charge in [0.1, 0.15) is 5.82 Å². The van der Waals surface area contributed by atoms with E-state index in [-0.39, 0.29) is 5.82 Å². The predicted molar refractivity (Wildman–Crippen MR) is 78.1 cm³/mol.